The van der Waals surface area contributed by atoms with E-state index in [0.29, 0.717) is 0 Å². The molecule has 0 N–H and O–H groups in total. The first kappa shape index (κ1) is 22.7. The zero-order chi connectivity index (χ0) is 25.4. The highest BCUT2D eigenvalue weighted by molar-refractivity contribution is 14.1. The monoisotopic (exact) mass is 597 g/mol. The van der Waals surface area contributed by atoms with E-state index in [9.17, 15) is 9.59 Å². The van der Waals surface area contributed by atoms with Crippen molar-refractivity contribution in [1.29, 1.82) is 0 Å². The van der Waals surface area contributed by atoms with Gasteiger partial charge in [-0.15, -0.1) is 0 Å². The second-order valence-electron chi connectivity index (χ2n) is 10.1. The van der Waals surface area contributed by atoms with E-state index < -0.39 is 11.8 Å². The molecule has 2 atom stereocenters. The van der Waals surface area contributed by atoms with E-state index in [1.807, 2.05) is 37.3 Å². The Balaban J connectivity index is 1.26. The van der Waals surface area contributed by atoms with Gasteiger partial charge in [-0.2, -0.15) is 10.1 Å². The van der Waals surface area contributed by atoms with Gasteiger partial charge in [-0.25, -0.2) is 0 Å². The van der Waals surface area contributed by atoms with Crippen LogP contribution in [0.2, 0.25) is 0 Å². The fourth-order valence-electron chi connectivity index (χ4n) is 6.80. The number of nitrogens with zero attached hydrogens (tertiary/aromatic N) is 3. The predicted molar refractivity (Wildman–Crippen MR) is 151 cm³/mol. The lowest BCUT2D eigenvalue weighted by Crippen LogP contribution is -2.41. The molecule has 1 saturated heterocycles. The Morgan fingerprint density at radius 1 is 0.757 bits per heavy atom. The fraction of sp³-hybridized carbons (Fsp3) is 0.194. The van der Waals surface area contributed by atoms with Crippen LogP contribution in [0.1, 0.15) is 51.0 Å². The van der Waals surface area contributed by atoms with E-state index in [1.54, 1.807) is 6.21 Å². The molecule has 8 rings (SSSR count). The van der Waals surface area contributed by atoms with E-state index in [1.165, 1.54) is 25.8 Å². The van der Waals surface area contributed by atoms with E-state index >= 15 is 0 Å². The van der Waals surface area contributed by atoms with E-state index in [4.69, 9.17) is 0 Å². The number of hydrazone groups is 1. The number of aromatic nitrogens is 1. The molecule has 1 aromatic heterocycles. The summed E-state index contributed by atoms with van der Waals surface area (Å²) in [5.74, 6) is -1.47. The largest absolute Gasteiger partial charge is 0.318 e. The first-order valence-corrected chi connectivity index (χ1v) is 13.6. The minimum absolute atomic E-state index is 0.120. The van der Waals surface area contributed by atoms with Gasteiger partial charge >= 0.3 is 0 Å². The summed E-state index contributed by atoms with van der Waals surface area (Å²) >= 11 is 2.30. The standard InChI is InChI=1S/C31H24IN3O2/c1-17-15-19(18(2)34(17)21-13-11-20(32)12-14-21)16-33-35-30(36)28-26-22-7-3-4-8-23(22)27(29(28)31(35)37)25-10-6-5-9-24(25)26/h3-16,26-29H,1-2H3/b33-16-/t26?,27?,28-,29-/m1/s1. The maximum absolute atomic E-state index is 13.8. The third-order valence-electron chi connectivity index (χ3n) is 8.29. The Bertz CT molecular complexity index is 1520. The third kappa shape index (κ3) is 3.18. The zero-order valence-corrected chi connectivity index (χ0v) is 22.6. The van der Waals surface area contributed by atoms with Gasteiger partial charge < -0.3 is 4.57 Å². The average molecular weight is 597 g/mol. The van der Waals surface area contributed by atoms with Crippen molar-refractivity contribution in [2.24, 2.45) is 16.9 Å². The molecular weight excluding hydrogens is 573 g/mol. The molecule has 3 aromatic carbocycles. The van der Waals surface area contributed by atoms with Gasteiger partial charge in [0.25, 0.3) is 11.8 Å². The van der Waals surface area contributed by atoms with Crippen molar-refractivity contribution in [2.45, 2.75) is 25.7 Å². The smallest absolute Gasteiger partial charge is 0.254 e. The predicted octanol–water partition coefficient (Wildman–Crippen LogP) is 5.92. The Morgan fingerprint density at radius 2 is 1.24 bits per heavy atom. The number of rotatable bonds is 3. The van der Waals surface area contributed by atoms with Crippen molar-refractivity contribution in [3.63, 3.8) is 0 Å². The first-order chi connectivity index (χ1) is 18.0. The van der Waals surface area contributed by atoms with Crippen LogP contribution in [0.25, 0.3) is 5.69 Å². The third-order valence-corrected chi connectivity index (χ3v) is 9.01. The van der Waals surface area contributed by atoms with Gasteiger partial charge in [0.2, 0.25) is 0 Å². The molecule has 2 amide bonds. The Kier molecular flexibility index (Phi) is 5.05. The van der Waals surface area contributed by atoms with E-state index in [-0.39, 0.29) is 23.7 Å². The molecule has 6 heteroatoms. The van der Waals surface area contributed by atoms with Crippen molar-refractivity contribution < 1.29 is 9.59 Å². The van der Waals surface area contributed by atoms with Crippen molar-refractivity contribution in [3.8, 4) is 5.69 Å². The van der Waals surface area contributed by atoms with Crippen LogP contribution in [0.15, 0.2) is 84.0 Å². The Morgan fingerprint density at radius 3 is 1.73 bits per heavy atom. The van der Waals surface area contributed by atoms with Crippen molar-refractivity contribution in [3.05, 3.63) is 122 Å². The van der Waals surface area contributed by atoms with Crippen LogP contribution in [-0.2, 0) is 9.59 Å². The summed E-state index contributed by atoms with van der Waals surface area (Å²) in [6.07, 6.45) is 1.67. The molecule has 0 unspecified atom stereocenters. The fourth-order valence-corrected chi connectivity index (χ4v) is 7.16. The van der Waals surface area contributed by atoms with Gasteiger partial charge in [0.05, 0.1) is 18.1 Å². The molecule has 182 valence electrons. The molecule has 3 aliphatic carbocycles. The second kappa shape index (κ2) is 8.25. The van der Waals surface area contributed by atoms with Gasteiger partial charge in [0.1, 0.15) is 0 Å². The molecule has 2 heterocycles. The van der Waals surface area contributed by atoms with Crippen molar-refractivity contribution in [1.82, 2.24) is 9.58 Å². The molecule has 1 aliphatic heterocycles. The molecule has 4 aliphatic rings. The normalized spacial score (nSPS) is 23.5. The maximum Gasteiger partial charge on any atom is 0.254 e. The zero-order valence-electron chi connectivity index (χ0n) is 20.4. The van der Waals surface area contributed by atoms with E-state index in [2.05, 4.69) is 87.7 Å². The minimum Gasteiger partial charge on any atom is -0.318 e. The second-order valence-corrected chi connectivity index (χ2v) is 11.4. The van der Waals surface area contributed by atoms with Gasteiger partial charge in [-0.1, -0.05) is 48.5 Å². The molecular formula is C31H24IN3O2. The van der Waals surface area contributed by atoms with Crippen LogP contribution in [-0.4, -0.2) is 27.6 Å². The Labute approximate surface area is 228 Å². The lowest BCUT2D eigenvalue weighted by Gasteiger charge is -2.45. The number of aryl methyl sites for hydroxylation is 1. The molecule has 0 saturated carbocycles. The van der Waals surface area contributed by atoms with Crippen molar-refractivity contribution in [2.75, 3.05) is 0 Å². The van der Waals surface area contributed by atoms with Gasteiger partial charge in [0.15, 0.2) is 0 Å². The van der Waals surface area contributed by atoms with Crippen LogP contribution < -0.4 is 0 Å². The molecule has 1 fully saturated rings. The van der Waals surface area contributed by atoms with Crippen LogP contribution in [0, 0.1) is 29.3 Å². The SMILES string of the molecule is Cc1cc(/C=N\N2C(=O)[C@@H]3C4c5ccccc5C(c5ccccc54)[C@H]3C2=O)c(C)n1-c1ccc(I)cc1. The summed E-state index contributed by atoms with van der Waals surface area (Å²) in [5, 5.41) is 5.66. The van der Waals surface area contributed by atoms with Gasteiger partial charge in [0, 0.05) is 38.0 Å². The molecule has 0 spiro atoms. The van der Waals surface area contributed by atoms with Crippen LogP contribution >= 0.6 is 22.6 Å². The minimum atomic E-state index is -0.418. The highest BCUT2D eigenvalue weighted by Crippen LogP contribution is 2.60. The lowest BCUT2D eigenvalue weighted by molar-refractivity contribution is -0.139. The average Bonchev–Trinajstić information content (AvgIpc) is 3.34. The number of hydrogen-bond acceptors (Lipinski definition) is 3. The van der Waals surface area contributed by atoms with Crippen LogP contribution in [0.3, 0.4) is 0 Å². The first-order valence-electron chi connectivity index (χ1n) is 12.5. The summed E-state index contributed by atoms with van der Waals surface area (Å²) in [5.41, 5.74) is 8.71. The summed E-state index contributed by atoms with van der Waals surface area (Å²) in [4.78, 5) is 27.6. The lowest BCUT2D eigenvalue weighted by atomic mass is 9.55. The molecule has 5 nitrogen and oxygen atoms in total. The number of halogens is 1. The van der Waals surface area contributed by atoms with E-state index in [0.717, 1.165) is 27.6 Å². The number of carbonyl (C=O) groups is 2. The van der Waals surface area contributed by atoms with Gasteiger partial charge in [-0.3, -0.25) is 9.59 Å². The number of amides is 2. The number of carbonyl (C=O) groups excluding carboxylic acids is 2. The highest BCUT2D eigenvalue weighted by atomic mass is 127. The summed E-state index contributed by atoms with van der Waals surface area (Å²) in [6.45, 7) is 4.09. The topological polar surface area (TPSA) is 54.7 Å². The molecule has 37 heavy (non-hydrogen) atoms. The molecule has 4 aromatic rings. The molecule has 0 radical (unpaired) electrons. The summed E-state index contributed by atoms with van der Waals surface area (Å²) < 4.78 is 3.34. The van der Waals surface area contributed by atoms with Crippen molar-refractivity contribution >= 4 is 40.6 Å². The summed E-state index contributed by atoms with van der Waals surface area (Å²) in [7, 11) is 0. The molecule has 2 bridgehead atoms. The van der Waals surface area contributed by atoms with Gasteiger partial charge in [-0.05, 0) is 89.0 Å². The highest BCUT2D eigenvalue weighted by Gasteiger charge is 2.61. The quantitative estimate of drug-likeness (QED) is 0.167. The van der Waals surface area contributed by atoms with Crippen LogP contribution in [0.5, 0.6) is 0 Å². The Hall–Kier alpha value is -3.52. The summed E-state index contributed by atoms with van der Waals surface area (Å²) in [6, 6.07) is 26.9. The van der Waals surface area contributed by atoms with Crippen LogP contribution in [0.4, 0.5) is 0 Å². The number of imide groups is 1. The number of hydrogen-bond donors (Lipinski definition) is 0. The number of benzene rings is 3. The maximum atomic E-state index is 13.8.